The van der Waals surface area contributed by atoms with Crippen molar-refractivity contribution in [2.24, 2.45) is 7.05 Å². The molecule has 1 N–H and O–H groups in total. The largest absolute Gasteiger partial charge is 0.299 e. The molecule has 5 rings (SSSR count). The third-order valence-corrected chi connectivity index (χ3v) is 6.30. The highest BCUT2D eigenvalue weighted by Gasteiger charge is 2.14. The van der Waals surface area contributed by atoms with Crippen molar-refractivity contribution in [2.75, 3.05) is 4.72 Å². The van der Waals surface area contributed by atoms with Crippen molar-refractivity contribution >= 4 is 26.7 Å². The zero-order valence-electron chi connectivity index (χ0n) is 18.1. The van der Waals surface area contributed by atoms with E-state index in [0.29, 0.717) is 16.8 Å². The Kier molecular flexibility index (Phi) is 5.21. The number of aromatic nitrogens is 5. The van der Waals surface area contributed by atoms with E-state index in [4.69, 9.17) is 0 Å². The van der Waals surface area contributed by atoms with Crippen LogP contribution in [0.15, 0.2) is 85.6 Å². The van der Waals surface area contributed by atoms with Crippen LogP contribution in [0.5, 0.6) is 0 Å². The fourth-order valence-electron chi connectivity index (χ4n) is 3.75. The zero-order valence-corrected chi connectivity index (χ0v) is 18.9. The van der Waals surface area contributed by atoms with Crippen LogP contribution in [0.4, 0.5) is 10.1 Å². The minimum absolute atomic E-state index is 0.262. The van der Waals surface area contributed by atoms with Gasteiger partial charge in [0, 0.05) is 41.7 Å². The molecule has 2 aromatic carbocycles. The van der Waals surface area contributed by atoms with E-state index >= 15 is 0 Å². The number of rotatable bonds is 6. The summed E-state index contributed by atoms with van der Waals surface area (Å²) in [6.45, 7) is 3.33. The summed E-state index contributed by atoms with van der Waals surface area (Å²) < 4.78 is 44.8. The highest BCUT2D eigenvalue weighted by molar-refractivity contribution is 7.95. The number of hydrogen-bond acceptors (Lipinski definition) is 5. The number of pyridine rings is 1. The van der Waals surface area contributed by atoms with Gasteiger partial charge in [0.2, 0.25) is 0 Å². The first-order valence-corrected chi connectivity index (χ1v) is 11.7. The molecule has 3 aromatic heterocycles. The van der Waals surface area contributed by atoms with E-state index in [0.717, 1.165) is 33.8 Å². The summed E-state index contributed by atoms with van der Waals surface area (Å²) in [5.41, 5.74) is 5.12. The van der Waals surface area contributed by atoms with Crippen LogP contribution in [-0.2, 0) is 17.1 Å². The smallest absolute Gasteiger partial charge is 0.254 e. The second-order valence-electron chi connectivity index (χ2n) is 7.66. The average Bonchev–Trinajstić information content (AvgIpc) is 3.44. The summed E-state index contributed by atoms with van der Waals surface area (Å²) in [4.78, 5) is 8.32. The van der Waals surface area contributed by atoms with Gasteiger partial charge in [-0.2, -0.15) is 5.10 Å². The molecule has 10 heteroatoms. The van der Waals surface area contributed by atoms with Gasteiger partial charge in [-0.25, -0.2) is 17.8 Å². The number of aryl methyl sites for hydroxylation is 1. The van der Waals surface area contributed by atoms with Crippen molar-refractivity contribution in [3.05, 3.63) is 91.4 Å². The van der Waals surface area contributed by atoms with Gasteiger partial charge in [0.25, 0.3) is 10.0 Å². The van der Waals surface area contributed by atoms with Gasteiger partial charge in [0.15, 0.2) is 0 Å². The lowest BCUT2D eigenvalue weighted by Crippen LogP contribution is -2.09. The summed E-state index contributed by atoms with van der Waals surface area (Å²) in [5, 5.41) is 5.03. The molecule has 0 saturated carbocycles. The maximum absolute atomic E-state index is 14.5. The minimum Gasteiger partial charge on any atom is -0.299 e. The first kappa shape index (κ1) is 21.5. The molecule has 3 heterocycles. The van der Waals surface area contributed by atoms with Gasteiger partial charge in [0.1, 0.15) is 12.1 Å². The summed E-state index contributed by atoms with van der Waals surface area (Å²) in [5.74, 6) is -0.520. The van der Waals surface area contributed by atoms with Crippen molar-refractivity contribution in [1.29, 1.82) is 0 Å². The average molecular weight is 475 g/mol. The van der Waals surface area contributed by atoms with Gasteiger partial charge in [-0.1, -0.05) is 12.6 Å². The first-order chi connectivity index (χ1) is 16.3. The van der Waals surface area contributed by atoms with Gasteiger partial charge < -0.3 is 0 Å². The number of halogens is 1. The van der Waals surface area contributed by atoms with Crippen LogP contribution in [-0.4, -0.2) is 32.7 Å². The van der Waals surface area contributed by atoms with E-state index in [1.807, 2.05) is 36.0 Å². The molecule has 0 unspecified atom stereocenters. The SMILES string of the molecule is C=CS(=O)(=O)Nc1cc(-c2ccncc2F)cc(-n2cnc3cc(-c4cnn(C)c4)ccc32)c1. The number of sulfonamides is 1. The van der Waals surface area contributed by atoms with Crippen LogP contribution in [0.25, 0.3) is 39.0 Å². The molecule has 0 bridgehead atoms. The van der Waals surface area contributed by atoms with Crippen molar-refractivity contribution < 1.29 is 12.8 Å². The lowest BCUT2D eigenvalue weighted by Gasteiger charge is -2.13. The van der Waals surface area contributed by atoms with E-state index in [-0.39, 0.29) is 5.69 Å². The maximum Gasteiger partial charge on any atom is 0.254 e. The van der Waals surface area contributed by atoms with Crippen molar-refractivity contribution in [3.63, 3.8) is 0 Å². The van der Waals surface area contributed by atoms with E-state index in [2.05, 4.69) is 26.4 Å². The molecule has 34 heavy (non-hydrogen) atoms. The summed E-state index contributed by atoms with van der Waals surface area (Å²) in [7, 11) is -1.91. The van der Waals surface area contributed by atoms with E-state index in [1.165, 1.54) is 12.3 Å². The van der Waals surface area contributed by atoms with Gasteiger partial charge >= 0.3 is 0 Å². The first-order valence-electron chi connectivity index (χ1n) is 10.2. The molecule has 0 aliphatic heterocycles. The van der Waals surface area contributed by atoms with Crippen LogP contribution >= 0.6 is 0 Å². The molecule has 0 saturated heterocycles. The number of nitrogens with one attached hydrogen (secondary N) is 1. The minimum atomic E-state index is -3.77. The molecule has 5 aromatic rings. The molecule has 170 valence electrons. The van der Waals surface area contributed by atoms with E-state index < -0.39 is 15.8 Å². The van der Waals surface area contributed by atoms with Gasteiger partial charge in [-0.05, 0) is 47.5 Å². The molecule has 0 aliphatic rings. The second-order valence-corrected chi connectivity index (χ2v) is 9.29. The molecule has 0 aliphatic carbocycles. The highest BCUT2D eigenvalue weighted by atomic mass is 32.2. The zero-order chi connectivity index (χ0) is 23.9. The standard InChI is InChI=1S/C24H19FN6O2S/c1-3-34(32,33)29-19-8-17(21-6-7-26-13-22(21)25)9-20(11-19)31-15-27-23-10-16(4-5-24(23)31)18-12-28-30(2)14-18/h3-15,29H,1H2,2H3. The quantitative estimate of drug-likeness (QED) is 0.391. The summed E-state index contributed by atoms with van der Waals surface area (Å²) in [6.07, 6.45) is 7.94. The predicted octanol–water partition coefficient (Wildman–Crippen LogP) is 4.51. The summed E-state index contributed by atoms with van der Waals surface area (Å²) in [6, 6.07) is 12.4. The number of anilines is 1. The lowest BCUT2D eigenvalue weighted by molar-refractivity contribution is 0.609. The molecule has 0 spiro atoms. The molecule has 8 nitrogen and oxygen atoms in total. The monoisotopic (exact) mass is 474 g/mol. The number of benzene rings is 2. The Morgan fingerprint density at radius 3 is 2.65 bits per heavy atom. The molecular formula is C24H19FN6O2S. The van der Waals surface area contributed by atoms with Crippen LogP contribution in [0.1, 0.15) is 0 Å². The van der Waals surface area contributed by atoms with Crippen LogP contribution in [0.3, 0.4) is 0 Å². The number of imidazole rings is 1. The van der Waals surface area contributed by atoms with Crippen molar-refractivity contribution in [2.45, 2.75) is 0 Å². The lowest BCUT2D eigenvalue weighted by atomic mass is 10.0. The van der Waals surface area contributed by atoms with Crippen LogP contribution in [0, 0.1) is 5.82 Å². The maximum atomic E-state index is 14.5. The topological polar surface area (TPSA) is 94.7 Å². The predicted molar refractivity (Wildman–Crippen MR) is 129 cm³/mol. The third-order valence-electron chi connectivity index (χ3n) is 5.34. The number of fused-ring (bicyclic) bond motifs is 1. The Balaban J connectivity index is 1.65. The Morgan fingerprint density at radius 2 is 1.91 bits per heavy atom. The Morgan fingerprint density at radius 1 is 1.06 bits per heavy atom. The Hall–Kier alpha value is -4.31. The summed E-state index contributed by atoms with van der Waals surface area (Å²) >= 11 is 0. The third kappa shape index (κ3) is 4.06. The second kappa shape index (κ2) is 8.23. The highest BCUT2D eigenvalue weighted by Crippen LogP contribution is 2.31. The van der Waals surface area contributed by atoms with Crippen molar-refractivity contribution in [3.8, 4) is 27.9 Å². The van der Waals surface area contributed by atoms with Gasteiger partial charge in [-0.3, -0.25) is 19.0 Å². The Labute approximate surface area is 195 Å². The normalized spacial score (nSPS) is 11.6. The van der Waals surface area contributed by atoms with Crippen molar-refractivity contribution in [1.82, 2.24) is 24.3 Å². The fourth-order valence-corrected chi connectivity index (χ4v) is 4.28. The fraction of sp³-hybridized carbons (Fsp3) is 0.0417. The molecular weight excluding hydrogens is 455 g/mol. The van der Waals surface area contributed by atoms with E-state index in [1.54, 1.807) is 35.4 Å². The van der Waals surface area contributed by atoms with Crippen LogP contribution < -0.4 is 4.72 Å². The molecule has 0 amide bonds. The molecule has 0 radical (unpaired) electrons. The van der Waals surface area contributed by atoms with Gasteiger partial charge in [-0.15, -0.1) is 0 Å². The molecule has 0 atom stereocenters. The molecule has 0 fully saturated rings. The van der Waals surface area contributed by atoms with Crippen LogP contribution in [0.2, 0.25) is 0 Å². The number of nitrogens with zero attached hydrogens (tertiary/aromatic N) is 5. The number of hydrogen-bond donors (Lipinski definition) is 1. The Bertz CT molecular complexity index is 1660. The van der Waals surface area contributed by atoms with E-state index in [9.17, 15) is 12.8 Å². The van der Waals surface area contributed by atoms with Gasteiger partial charge in [0.05, 0.1) is 29.1 Å².